The van der Waals surface area contributed by atoms with Crippen LogP contribution in [0.15, 0.2) is 30.5 Å². The fourth-order valence-corrected chi connectivity index (χ4v) is 3.09. The Morgan fingerprint density at radius 2 is 2.00 bits per heavy atom. The van der Waals surface area contributed by atoms with E-state index in [9.17, 15) is 9.59 Å². The quantitative estimate of drug-likeness (QED) is 0.605. The van der Waals surface area contributed by atoms with E-state index in [1.54, 1.807) is 30.5 Å². The highest BCUT2D eigenvalue weighted by molar-refractivity contribution is 6.05. The Morgan fingerprint density at radius 1 is 1.29 bits per heavy atom. The van der Waals surface area contributed by atoms with E-state index < -0.39 is 5.97 Å². The largest absolute Gasteiger partial charge is 0.494 e. The number of hydrogen-bond donors (Lipinski definition) is 2. The lowest BCUT2D eigenvalue weighted by Gasteiger charge is -2.11. The molecule has 0 atom stereocenters. The Morgan fingerprint density at radius 3 is 2.61 bits per heavy atom. The normalized spacial score (nSPS) is 13.5. The number of ether oxygens (including phenoxy) is 1. The van der Waals surface area contributed by atoms with Gasteiger partial charge in [0.05, 0.1) is 24.1 Å². The molecule has 1 aliphatic rings. The number of aliphatic carboxylic acids is 1. The van der Waals surface area contributed by atoms with Crippen LogP contribution in [0.25, 0.3) is 0 Å². The summed E-state index contributed by atoms with van der Waals surface area (Å²) in [7, 11) is 0. The van der Waals surface area contributed by atoms with Crippen LogP contribution < -0.4 is 10.1 Å². The van der Waals surface area contributed by atoms with E-state index in [4.69, 9.17) is 9.84 Å². The number of nitrogens with zero attached hydrogens (tertiary/aromatic N) is 2. The van der Waals surface area contributed by atoms with Crippen molar-refractivity contribution in [2.24, 2.45) is 5.92 Å². The van der Waals surface area contributed by atoms with Gasteiger partial charge in [-0.1, -0.05) is 13.8 Å². The molecule has 1 aliphatic carbocycles. The second-order valence-electron chi connectivity index (χ2n) is 7.62. The van der Waals surface area contributed by atoms with Crippen molar-refractivity contribution in [2.75, 3.05) is 11.9 Å². The third-order valence-corrected chi connectivity index (χ3v) is 4.54. The summed E-state index contributed by atoms with van der Waals surface area (Å²) in [6, 6.07) is 7.08. The summed E-state index contributed by atoms with van der Waals surface area (Å²) in [5.74, 6) is 0.572. The summed E-state index contributed by atoms with van der Waals surface area (Å²) in [5.41, 5.74) is 2.38. The first-order valence-corrected chi connectivity index (χ1v) is 9.75. The van der Waals surface area contributed by atoms with Crippen LogP contribution in [0.2, 0.25) is 0 Å². The Hall–Kier alpha value is -2.83. The fourth-order valence-electron chi connectivity index (χ4n) is 3.09. The predicted molar refractivity (Wildman–Crippen MR) is 106 cm³/mol. The molecule has 1 fully saturated rings. The van der Waals surface area contributed by atoms with E-state index >= 15 is 0 Å². The molecule has 3 rings (SSSR count). The van der Waals surface area contributed by atoms with Gasteiger partial charge in [-0.15, -0.1) is 0 Å². The second kappa shape index (κ2) is 8.91. The van der Waals surface area contributed by atoms with Gasteiger partial charge >= 0.3 is 5.97 Å². The lowest BCUT2D eigenvalue weighted by atomic mass is 10.1. The first-order chi connectivity index (χ1) is 13.4. The summed E-state index contributed by atoms with van der Waals surface area (Å²) in [6.45, 7) is 5.44. The van der Waals surface area contributed by atoms with Crippen molar-refractivity contribution in [1.82, 2.24) is 9.78 Å². The highest BCUT2D eigenvalue weighted by atomic mass is 16.5. The van der Waals surface area contributed by atoms with Gasteiger partial charge in [-0.25, -0.2) is 0 Å². The number of anilines is 1. The number of carboxylic acids is 1. The number of benzene rings is 1. The minimum atomic E-state index is -0.830. The maximum atomic E-state index is 12.8. The van der Waals surface area contributed by atoms with Crippen LogP contribution in [0.3, 0.4) is 0 Å². The fraction of sp³-hybridized carbons (Fsp3) is 0.476. The molecular weight excluding hydrogens is 358 g/mol. The van der Waals surface area contributed by atoms with Gasteiger partial charge < -0.3 is 15.2 Å². The van der Waals surface area contributed by atoms with E-state index in [1.165, 1.54) is 0 Å². The molecule has 7 heteroatoms. The maximum Gasteiger partial charge on any atom is 0.303 e. The Balaban J connectivity index is 1.60. The van der Waals surface area contributed by atoms with Crippen LogP contribution in [0.1, 0.15) is 61.5 Å². The smallest absolute Gasteiger partial charge is 0.303 e. The number of carbonyl (C=O) groups is 2. The van der Waals surface area contributed by atoms with Crippen LogP contribution in [-0.4, -0.2) is 33.4 Å². The molecule has 150 valence electrons. The van der Waals surface area contributed by atoms with Gasteiger partial charge in [0.2, 0.25) is 0 Å². The Labute approximate surface area is 164 Å². The summed E-state index contributed by atoms with van der Waals surface area (Å²) < 4.78 is 7.49. The van der Waals surface area contributed by atoms with Crippen molar-refractivity contribution in [2.45, 2.75) is 52.0 Å². The highest BCUT2D eigenvalue weighted by Gasteiger charge is 2.32. The molecule has 1 aromatic carbocycles. The number of aromatic nitrogens is 2. The topological polar surface area (TPSA) is 93.5 Å². The molecule has 2 N–H and O–H groups in total. The predicted octanol–water partition coefficient (Wildman–Crippen LogP) is 3.91. The molecule has 0 spiro atoms. The Kier molecular flexibility index (Phi) is 6.34. The number of carbonyl (C=O) groups excluding carboxylic acids is 1. The monoisotopic (exact) mass is 385 g/mol. The molecule has 0 unspecified atom stereocenters. The van der Waals surface area contributed by atoms with Crippen molar-refractivity contribution in [3.05, 3.63) is 41.7 Å². The summed E-state index contributed by atoms with van der Waals surface area (Å²) in [4.78, 5) is 23.3. The SMILES string of the molecule is CC(C)Cn1ncc(C(=O)Nc2ccc(OCCCC(=O)O)cc2)c1C1CC1. The number of rotatable bonds is 10. The third kappa shape index (κ3) is 5.34. The average Bonchev–Trinajstić information content (AvgIpc) is 3.40. The molecule has 1 heterocycles. The van der Waals surface area contributed by atoms with E-state index in [-0.39, 0.29) is 12.3 Å². The minimum Gasteiger partial charge on any atom is -0.494 e. The molecule has 28 heavy (non-hydrogen) atoms. The molecule has 7 nitrogen and oxygen atoms in total. The van der Waals surface area contributed by atoms with Crippen molar-refractivity contribution >= 4 is 17.6 Å². The van der Waals surface area contributed by atoms with Gasteiger partial charge in [0.15, 0.2) is 0 Å². The Bertz CT molecular complexity index is 823. The molecule has 0 radical (unpaired) electrons. The van der Waals surface area contributed by atoms with Crippen molar-refractivity contribution in [1.29, 1.82) is 0 Å². The zero-order chi connectivity index (χ0) is 20.1. The molecule has 1 amide bonds. The molecule has 0 saturated heterocycles. The number of carboxylic acid groups (broad SMARTS) is 1. The van der Waals surface area contributed by atoms with Crippen molar-refractivity contribution < 1.29 is 19.4 Å². The van der Waals surface area contributed by atoms with Crippen LogP contribution in [0.5, 0.6) is 5.75 Å². The van der Waals surface area contributed by atoms with Crippen LogP contribution in [0, 0.1) is 5.92 Å². The maximum absolute atomic E-state index is 12.8. The molecule has 1 aromatic heterocycles. The van der Waals surface area contributed by atoms with Crippen LogP contribution in [0.4, 0.5) is 5.69 Å². The molecule has 2 aromatic rings. The van der Waals surface area contributed by atoms with Gasteiger partial charge in [0, 0.05) is 24.6 Å². The average molecular weight is 385 g/mol. The van der Waals surface area contributed by atoms with Gasteiger partial charge in [0.25, 0.3) is 5.91 Å². The molecular formula is C21H27N3O4. The third-order valence-electron chi connectivity index (χ3n) is 4.54. The lowest BCUT2D eigenvalue weighted by molar-refractivity contribution is -0.137. The number of amides is 1. The van der Waals surface area contributed by atoms with Gasteiger partial charge in [-0.3, -0.25) is 14.3 Å². The lowest BCUT2D eigenvalue weighted by Crippen LogP contribution is -2.15. The number of nitrogens with one attached hydrogen (secondary N) is 1. The minimum absolute atomic E-state index is 0.0853. The molecule has 1 saturated carbocycles. The standard InChI is InChI=1S/C21H27N3O4/c1-14(2)13-24-20(15-5-6-15)18(12-22-24)21(27)23-16-7-9-17(10-8-16)28-11-3-4-19(25)26/h7-10,12,14-15H,3-6,11,13H2,1-2H3,(H,23,27)(H,25,26). The number of hydrogen-bond acceptors (Lipinski definition) is 4. The van der Waals surface area contributed by atoms with Gasteiger partial charge in [0.1, 0.15) is 5.75 Å². The van der Waals surface area contributed by atoms with E-state index in [1.807, 2.05) is 4.68 Å². The van der Waals surface area contributed by atoms with Crippen LogP contribution >= 0.6 is 0 Å². The zero-order valence-electron chi connectivity index (χ0n) is 16.4. The van der Waals surface area contributed by atoms with Crippen molar-refractivity contribution in [3.8, 4) is 5.75 Å². The summed E-state index contributed by atoms with van der Waals surface area (Å²) in [6.07, 6.45) is 4.43. The highest BCUT2D eigenvalue weighted by Crippen LogP contribution is 2.42. The van der Waals surface area contributed by atoms with Gasteiger partial charge in [-0.2, -0.15) is 5.10 Å². The van der Waals surface area contributed by atoms with Gasteiger partial charge in [-0.05, 0) is 49.4 Å². The molecule has 0 bridgehead atoms. The zero-order valence-corrected chi connectivity index (χ0v) is 16.4. The second-order valence-corrected chi connectivity index (χ2v) is 7.62. The summed E-state index contributed by atoms with van der Waals surface area (Å²) in [5, 5.41) is 16.0. The van der Waals surface area contributed by atoms with E-state index in [2.05, 4.69) is 24.3 Å². The first kappa shape index (κ1) is 19.9. The van der Waals surface area contributed by atoms with E-state index in [0.717, 1.165) is 25.1 Å². The summed E-state index contributed by atoms with van der Waals surface area (Å²) >= 11 is 0. The van der Waals surface area contributed by atoms with E-state index in [0.29, 0.717) is 41.9 Å². The van der Waals surface area contributed by atoms with Crippen LogP contribution in [-0.2, 0) is 11.3 Å². The molecule has 0 aliphatic heterocycles. The van der Waals surface area contributed by atoms with Crippen molar-refractivity contribution in [3.63, 3.8) is 0 Å². The first-order valence-electron chi connectivity index (χ1n) is 9.75.